The summed E-state index contributed by atoms with van der Waals surface area (Å²) >= 11 is 0. The molecule has 0 amide bonds. The molecule has 40 heavy (non-hydrogen) atoms. The van der Waals surface area contributed by atoms with Gasteiger partial charge in [-0.2, -0.15) is 26.3 Å². The zero-order chi connectivity index (χ0) is 28.8. The summed E-state index contributed by atoms with van der Waals surface area (Å²) in [6.45, 7) is 3.23. The lowest BCUT2D eigenvalue weighted by Gasteiger charge is -2.30. The molecular formula is C29H31F6N5. The molecule has 0 saturated heterocycles. The molecule has 0 unspecified atom stereocenters. The van der Waals surface area contributed by atoms with Crippen LogP contribution in [0.2, 0.25) is 0 Å². The first-order valence-electron chi connectivity index (χ1n) is 13.3. The maximum absolute atomic E-state index is 13.5. The van der Waals surface area contributed by atoms with Gasteiger partial charge in [0.1, 0.15) is 5.82 Å². The number of alkyl halides is 6. The van der Waals surface area contributed by atoms with Gasteiger partial charge >= 0.3 is 12.4 Å². The Morgan fingerprint density at radius 2 is 1.48 bits per heavy atom. The van der Waals surface area contributed by atoms with Crippen molar-refractivity contribution in [2.75, 3.05) is 18.0 Å². The molecule has 0 spiro atoms. The first-order chi connectivity index (χ1) is 18.8. The number of pyridine rings is 1. The van der Waals surface area contributed by atoms with Gasteiger partial charge in [-0.25, -0.2) is 4.98 Å². The van der Waals surface area contributed by atoms with Gasteiger partial charge in [0.2, 0.25) is 0 Å². The summed E-state index contributed by atoms with van der Waals surface area (Å²) in [5.41, 5.74) is 5.37. The Morgan fingerprint density at radius 3 is 1.98 bits per heavy atom. The number of anilines is 1. The lowest BCUT2D eigenvalue weighted by atomic mass is 10.0. The van der Waals surface area contributed by atoms with E-state index in [1.807, 2.05) is 31.2 Å². The van der Waals surface area contributed by atoms with Gasteiger partial charge in [0, 0.05) is 37.1 Å². The zero-order valence-electron chi connectivity index (χ0n) is 22.0. The molecule has 2 fully saturated rings. The predicted molar refractivity (Wildman–Crippen MR) is 142 cm³/mol. The van der Waals surface area contributed by atoms with Crippen LogP contribution in [0.15, 0.2) is 42.5 Å². The number of benzene rings is 2. The van der Waals surface area contributed by atoms with E-state index in [9.17, 15) is 26.3 Å². The third kappa shape index (κ3) is 6.62. The molecule has 2 saturated carbocycles. The molecule has 3 N–H and O–H groups in total. The van der Waals surface area contributed by atoms with Crippen molar-refractivity contribution >= 4 is 22.7 Å². The lowest BCUT2D eigenvalue weighted by molar-refractivity contribution is -0.143. The van der Waals surface area contributed by atoms with Crippen molar-refractivity contribution < 1.29 is 26.3 Å². The first-order valence-corrected chi connectivity index (χ1v) is 13.3. The number of para-hydroxylation sites is 1. The Morgan fingerprint density at radius 1 is 0.900 bits per heavy atom. The maximum atomic E-state index is 13.5. The SMILES string of the molecule is Cc1cccc2cc(CN(Cc3cc(C(F)(F)F)cc(C(F)(F)F)c3)C(=N)N)c(N(CC3CC3)CC3CC3)nc12. The molecule has 0 bridgehead atoms. The second-order valence-electron chi connectivity index (χ2n) is 11.1. The van der Waals surface area contributed by atoms with Crippen LogP contribution in [0, 0.1) is 24.2 Å². The van der Waals surface area contributed by atoms with Crippen molar-refractivity contribution in [3.05, 3.63) is 70.3 Å². The van der Waals surface area contributed by atoms with Gasteiger partial charge in [-0.3, -0.25) is 5.41 Å². The molecule has 2 aromatic carbocycles. The highest BCUT2D eigenvalue weighted by molar-refractivity contribution is 5.85. The molecule has 5 rings (SSSR count). The molecule has 11 heteroatoms. The summed E-state index contributed by atoms with van der Waals surface area (Å²) in [5.74, 6) is 1.40. The molecule has 0 atom stereocenters. The van der Waals surface area contributed by atoms with E-state index in [2.05, 4.69) is 4.90 Å². The average molecular weight is 564 g/mol. The summed E-state index contributed by atoms with van der Waals surface area (Å²) in [7, 11) is 0. The van der Waals surface area contributed by atoms with Crippen LogP contribution >= 0.6 is 0 Å². The Labute approximate surface area is 228 Å². The zero-order valence-corrected chi connectivity index (χ0v) is 22.0. The van der Waals surface area contributed by atoms with Crippen molar-refractivity contribution in [3.63, 3.8) is 0 Å². The van der Waals surface area contributed by atoms with Crippen LogP contribution in [0.1, 0.15) is 53.5 Å². The minimum atomic E-state index is -4.96. The quantitative estimate of drug-likeness (QED) is 0.166. The van der Waals surface area contributed by atoms with Crippen LogP contribution < -0.4 is 10.6 Å². The number of nitrogens with zero attached hydrogens (tertiary/aromatic N) is 3. The molecule has 1 aromatic heterocycles. The number of hydrogen-bond donors (Lipinski definition) is 2. The van der Waals surface area contributed by atoms with E-state index in [0.29, 0.717) is 24.0 Å². The topological polar surface area (TPSA) is 69.2 Å². The summed E-state index contributed by atoms with van der Waals surface area (Å²) < 4.78 is 80.8. The Hall–Kier alpha value is -3.50. The van der Waals surface area contributed by atoms with Gasteiger partial charge in [-0.05, 0) is 79.8 Å². The number of rotatable bonds is 9. The number of nitrogens with one attached hydrogen (secondary N) is 1. The predicted octanol–water partition coefficient (Wildman–Crippen LogP) is 7.10. The normalized spacial score (nSPS) is 15.9. The number of aryl methyl sites for hydroxylation is 1. The van der Waals surface area contributed by atoms with E-state index in [1.54, 1.807) is 0 Å². The molecule has 214 valence electrons. The van der Waals surface area contributed by atoms with E-state index < -0.39 is 36.0 Å². The van der Waals surface area contributed by atoms with E-state index in [4.69, 9.17) is 16.1 Å². The fourth-order valence-electron chi connectivity index (χ4n) is 5.01. The largest absolute Gasteiger partial charge is 0.416 e. The molecular weight excluding hydrogens is 532 g/mol. The van der Waals surface area contributed by atoms with Gasteiger partial charge in [0.05, 0.1) is 16.6 Å². The number of aromatic nitrogens is 1. The van der Waals surface area contributed by atoms with Gasteiger partial charge in [-0.1, -0.05) is 18.2 Å². The number of halogens is 6. The number of guanidine groups is 1. The number of fused-ring (bicyclic) bond motifs is 1. The van der Waals surface area contributed by atoms with Crippen molar-refractivity contribution in [2.24, 2.45) is 17.6 Å². The second kappa shape index (κ2) is 10.5. The molecule has 0 radical (unpaired) electrons. The molecule has 2 aliphatic rings. The van der Waals surface area contributed by atoms with Crippen LogP contribution in [0.4, 0.5) is 32.2 Å². The van der Waals surface area contributed by atoms with Crippen molar-refractivity contribution in [1.29, 1.82) is 5.41 Å². The minimum absolute atomic E-state index is 0.00494. The summed E-state index contributed by atoms with van der Waals surface area (Å²) in [4.78, 5) is 8.59. The van der Waals surface area contributed by atoms with Gasteiger partial charge in [-0.15, -0.1) is 0 Å². The van der Waals surface area contributed by atoms with E-state index >= 15 is 0 Å². The van der Waals surface area contributed by atoms with Crippen LogP contribution in [0.5, 0.6) is 0 Å². The Balaban J connectivity index is 1.53. The first kappa shape index (κ1) is 28.0. The van der Waals surface area contributed by atoms with Crippen molar-refractivity contribution in [3.8, 4) is 0 Å². The van der Waals surface area contributed by atoms with Crippen molar-refractivity contribution in [1.82, 2.24) is 9.88 Å². The smallest absolute Gasteiger partial charge is 0.370 e. The summed E-state index contributed by atoms with van der Waals surface area (Å²) in [6, 6.07) is 9.19. The van der Waals surface area contributed by atoms with E-state index in [1.165, 1.54) is 4.90 Å². The van der Waals surface area contributed by atoms with Crippen molar-refractivity contribution in [2.45, 2.75) is 58.0 Å². The number of hydrogen-bond acceptors (Lipinski definition) is 3. The summed E-state index contributed by atoms with van der Waals surface area (Å²) in [6.07, 6.45) is -5.37. The monoisotopic (exact) mass is 563 g/mol. The summed E-state index contributed by atoms with van der Waals surface area (Å²) in [5, 5.41) is 9.01. The standard InChI is InChI=1S/C29H31F6N5/c1-17-3-2-4-21-11-22(26(38-25(17)21)39(13-18-5-6-18)14-19-7-8-19)16-40(27(36)37)15-20-9-23(28(30,31)32)12-24(10-20)29(33,34)35/h2-4,9-12,18-19H,5-8,13-16H2,1H3,(H3,36,37). The minimum Gasteiger partial charge on any atom is -0.370 e. The fraction of sp³-hybridized carbons (Fsp3) is 0.448. The van der Waals surface area contributed by atoms with Crippen LogP contribution in [0.25, 0.3) is 10.9 Å². The Kier molecular flexibility index (Phi) is 7.35. The highest BCUT2D eigenvalue weighted by atomic mass is 19.4. The lowest BCUT2D eigenvalue weighted by Crippen LogP contribution is -2.37. The van der Waals surface area contributed by atoms with Gasteiger partial charge in [0.25, 0.3) is 0 Å². The molecule has 0 aliphatic heterocycles. The third-order valence-electron chi connectivity index (χ3n) is 7.48. The molecule has 5 nitrogen and oxygen atoms in total. The highest BCUT2D eigenvalue weighted by Gasteiger charge is 2.37. The molecule has 2 aliphatic carbocycles. The fourth-order valence-corrected chi connectivity index (χ4v) is 5.01. The molecule has 3 aromatic rings. The van der Waals surface area contributed by atoms with Crippen LogP contribution in [0.3, 0.4) is 0 Å². The molecule has 1 heterocycles. The van der Waals surface area contributed by atoms with E-state index in [-0.39, 0.29) is 18.2 Å². The second-order valence-corrected chi connectivity index (χ2v) is 11.1. The highest BCUT2D eigenvalue weighted by Crippen LogP contribution is 2.39. The maximum Gasteiger partial charge on any atom is 0.416 e. The van der Waals surface area contributed by atoms with Crippen LogP contribution in [-0.2, 0) is 25.4 Å². The van der Waals surface area contributed by atoms with E-state index in [0.717, 1.165) is 66.6 Å². The Bertz CT molecular complexity index is 1360. The van der Waals surface area contributed by atoms with Gasteiger partial charge < -0.3 is 15.5 Å². The third-order valence-corrected chi connectivity index (χ3v) is 7.48. The van der Waals surface area contributed by atoms with Crippen LogP contribution in [-0.4, -0.2) is 28.9 Å². The number of nitrogens with two attached hydrogens (primary N) is 1. The average Bonchev–Trinajstić information content (AvgIpc) is 3.79. The van der Waals surface area contributed by atoms with Gasteiger partial charge in [0.15, 0.2) is 5.96 Å².